The van der Waals surface area contributed by atoms with Crippen molar-refractivity contribution in [1.82, 2.24) is 4.90 Å². The predicted octanol–water partition coefficient (Wildman–Crippen LogP) is 3.41. The molecule has 1 aromatic heterocycles. The van der Waals surface area contributed by atoms with Gasteiger partial charge in [-0.15, -0.1) is 11.3 Å². The number of ether oxygens (including phenoxy) is 1. The molecule has 114 valence electrons. The SMILES string of the molecule is C=CCON=C1CN(C(=O)OC(C)(C)C)Cc2ccsc21. The van der Waals surface area contributed by atoms with Crippen LogP contribution in [0.2, 0.25) is 0 Å². The van der Waals surface area contributed by atoms with Gasteiger partial charge in [0, 0.05) is 0 Å². The Morgan fingerprint density at radius 1 is 1.52 bits per heavy atom. The lowest BCUT2D eigenvalue weighted by Gasteiger charge is -2.30. The van der Waals surface area contributed by atoms with Gasteiger partial charge >= 0.3 is 6.09 Å². The van der Waals surface area contributed by atoms with E-state index in [1.54, 1.807) is 22.3 Å². The molecule has 1 amide bonds. The largest absolute Gasteiger partial charge is 0.444 e. The van der Waals surface area contributed by atoms with Crippen molar-refractivity contribution in [3.8, 4) is 0 Å². The number of carbonyl (C=O) groups excluding carboxylic acids is 1. The second kappa shape index (κ2) is 6.30. The summed E-state index contributed by atoms with van der Waals surface area (Å²) in [6, 6.07) is 2.00. The second-order valence-corrected chi connectivity index (χ2v) is 6.65. The van der Waals surface area contributed by atoms with Crippen molar-refractivity contribution in [2.45, 2.75) is 32.9 Å². The van der Waals surface area contributed by atoms with Crippen molar-refractivity contribution in [3.63, 3.8) is 0 Å². The van der Waals surface area contributed by atoms with Gasteiger partial charge in [0.05, 0.1) is 18.0 Å². The average Bonchev–Trinajstić information content (AvgIpc) is 2.85. The monoisotopic (exact) mass is 308 g/mol. The van der Waals surface area contributed by atoms with Gasteiger partial charge in [0.2, 0.25) is 0 Å². The van der Waals surface area contributed by atoms with Crippen molar-refractivity contribution in [1.29, 1.82) is 0 Å². The van der Waals surface area contributed by atoms with Crippen molar-refractivity contribution in [2.24, 2.45) is 5.16 Å². The van der Waals surface area contributed by atoms with E-state index in [-0.39, 0.29) is 6.09 Å². The molecule has 0 saturated heterocycles. The average molecular weight is 308 g/mol. The lowest BCUT2D eigenvalue weighted by molar-refractivity contribution is 0.0258. The van der Waals surface area contributed by atoms with Crippen molar-refractivity contribution < 1.29 is 14.4 Å². The van der Waals surface area contributed by atoms with E-state index in [1.807, 2.05) is 32.2 Å². The first kappa shape index (κ1) is 15.6. The maximum atomic E-state index is 12.2. The zero-order valence-corrected chi connectivity index (χ0v) is 13.4. The maximum absolute atomic E-state index is 12.2. The highest BCUT2D eigenvalue weighted by Gasteiger charge is 2.29. The zero-order valence-electron chi connectivity index (χ0n) is 12.6. The summed E-state index contributed by atoms with van der Waals surface area (Å²) in [5.41, 5.74) is 1.31. The Bertz CT molecular complexity index is 558. The van der Waals surface area contributed by atoms with Gasteiger partial charge in [0.1, 0.15) is 17.9 Å². The maximum Gasteiger partial charge on any atom is 0.410 e. The predicted molar refractivity (Wildman–Crippen MR) is 83.6 cm³/mol. The van der Waals surface area contributed by atoms with Gasteiger partial charge in [-0.1, -0.05) is 17.8 Å². The summed E-state index contributed by atoms with van der Waals surface area (Å²) >= 11 is 1.60. The number of rotatable bonds is 3. The molecular formula is C15H20N2O3S. The third-order valence-corrected chi connectivity index (χ3v) is 3.74. The molecule has 0 radical (unpaired) electrons. The van der Waals surface area contributed by atoms with E-state index in [0.29, 0.717) is 19.7 Å². The molecule has 0 fully saturated rings. The molecule has 2 heterocycles. The van der Waals surface area contributed by atoms with Crippen molar-refractivity contribution in [2.75, 3.05) is 13.2 Å². The highest BCUT2D eigenvalue weighted by Crippen LogP contribution is 2.26. The van der Waals surface area contributed by atoms with Crippen LogP contribution in [0.1, 0.15) is 31.2 Å². The van der Waals surface area contributed by atoms with Crippen LogP contribution >= 0.6 is 11.3 Å². The lowest BCUT2D eigenvalue weighted by Crippen LogP contribution is -2.42. The van der Waals surface area contributed by atoms with Crippen LogP contribution in [0.3, 0.4) is 0 Å². The van der Waals surface area contributed by atoms with Crippen LogP contribution in [0.25, 0.3) is 0 Å². The first-order valence-corrected chi connectivity index (χ1v) is 7.63. The molecule has 0 N–H and O–H groups in total. The minimum Gasteiger partial charge on any atom is -0.444 e. The first-order chi connectivity index (χ1) is 9.90. The van der Waals surface area contributed by atoms with Crippen LogP contribution in [-0.4, -0.2) is 35.5 Å². The third-order valence-electron chi connectivity index (χ3n) is 2.73. The van der Waals surface area contributed by atoms with Crippen molar-refractivity contribution in [3.05, 3.63) is 34.5 Å². The minimum atomic E-state index is -0.511. The molecule has 0 atom stereocenters. The normalized spacial score (nSPS) is 16.5. The Hall–Kier alpha value is -1.82. The van der Waals surface area contributed by atoms with E-state index in [4.69, 9.17) is 9.57 Å². The number of oxime groups is 1. The number of amides is 1. The Morgan fingerprint density at radius 3 is 2.95 bits per heavy atom. The molecule has 5 nitrogen and oxygen atoms in total. The molecule has 6 heteroatoms. The van der Waals surface area contributed by atoms with E-state index < -0.39 is 5.60 Å². The summed E-state index contributed by atoms with van der Waals surface area (Å²) in [6.07, 6.45) is 1.30. The summed E-state index contributed by atoms with van der Waals surface area (Å²) in [6.45, 7) is 10.4. The topological polar surface area (TPSA) is 51.1 Å². The highest BCUT2D eigenvalue weighted by molar-refractivity contribution is 7.12. The summed E-state index contributed by atoms with van der Waals surface area (Å²) < 4.78 is 5.42. The third kappa shape index (κ3) is 4.07. The number of carbonyl (C=O) groups is 1. The number of nitrogens with zero attached hydrogens (tertiary/aromatic N) is 2. The summed E-state index contributed by atoms with van der Waals surface area (Å²) in [7, 11) is 0. The molecule has 0 bridgehead atoms. The Morgan fingerprint density at radius 2 is 2.29 bits per heavy atom. The molecule has 0 unspecified atom stereocenters. The van der Waals surface area contributed by atoms with Gasteiger partial charge in [0.25, 0.3) is 0 Å². The molecule has 1 aliphatic rings. The van der Waals surface area contributed by atoms with E-state index in [9.17, 15) is 4.79 Å². The van der Waals surface area contributed by atoms with E-state index in [0.717, 1.165) is 16.2 Å². The molecule has 1 aliphatic heterocycles. The number of fused-ring (bicyclic) bond motifs is 1. The lowest BCUT2D eigenvalue weighted by atomic mass is 10.1. The van der Waals surface area contributed by atoms with Crippen LogP contribution < -0.4 is 0 Å². The molecule has 0 aliphatic carbocycles. The number of hydrogen-bond acceptors (Lipinski definition) is 5. The van der Waals surface area contributed by atoms with Crippen LogP contribution in [0, 0.1) is 0 Å². The Kier molecular flexibility index (Phi) is 4.67. The Balaban J connectivity index is 2.16. The van der Waals surface area contributed by atoms with Crippen LogP contribution in [0.4, 0.5) is 4.79 Å². The number of hydrogen-bond donors (Lipinski definition) is 0. The summed E-state index contributed by atoms with van der Waals surface area (Å²) in [5.74, 6) is 0. The summed E-state index contributed by atoms with van der Waals surface area (Å²) in [5, 5.41) is 6.11. The van der Waals surface area contributed by atoms with Gasteiger partial charge in [-0.2, -0.15) is 0 Å². The van der Waals surface area contributed by atoms with Gasteiger partial charge < -0.3 is 9.57 Å². The number of thiophene rings is 1. The van der Waals surface area contributed by atoms with E-state index in [2.05, 4.69) is 11.7 Å². The van der Waals surface area contributed by atoms with Gasteiger partial charge in [-0.25, -0.2) is 4.79 Å². The smallest absolute Gasteiger partial charge is 0.410 e. The molecule has 0 saturated carbocycles. The fourth-order valence-corrected chi connectivity index (χ4v) is 2.81. The van der Waals surface area contributed by atoms with E-state index in [1.165, 1.54) is 0 Å². The van der Waals surface area contributed by atoms with E-state index >= 15 is 0 Å². The molecule has 1 aromatic rings. The molecular weight excluding hydrogens is 288 g/mol. The fraction of sp³-hybridized carbons (Fsp3) is 0.467. The second-order valence-electron chi connectivity index (χ2n) is 5.73. The first-order valence-electron chi connectivity index (χ1n) is 6.75. The Labute approximate surface area is 128 Å². The van der Waals surface area contributed by atoms with Gasteiger partial charge in [-0.05, 0) is 37.8 Å². The molecule has 21 heavy (non-hydrogen) atoms. The van der Waals surface area contributed by atoms with Gasteiger partial charge in [-0.3, -0.25) is 4.90 Å². The van der Waals surface area contributed by atoms with Crippen LogP contribution in [0.15, 0.2) is 29.3 Å². The fourth-order valence-electron chi connectivity index (χ4n) is 1.92. The van der Waals surface area contributed by atoms with Crippen LogP contribution in [0.5, 0.6) is 0 Å². The van der Waals surface area contributed by atoms with Gasteiger partial charge in [0.15, 0.2) is 0 Å². The van der Waals surface area contributed by atoms with Crippen molar-refractivity contribution >= 4 is 23.1 Å². The molecule has 0 aromatic carbocycles. The van der Waals surface area contributed by atoms with Crippen LogP contribution in [-0.2, 0) is 16.1 Å². The summed E-state index contributed by atoms with van der Waals surface area (Å²) in [4.78, 5) is 20.1. The molecule has 2 rings (SSSR count). The highest BCUT2D eigenvalue weighted by atomic mass is 32.1. The minimum absolute atomic E-state index is 0.337. The molecule has 0 spiro atoms. The standard InChI is InChI=1S/C15H20N2O3S/c1-5-7-19-16-12-10-17(14(18)20-15(2,3)4)9-11-6-8-21-13(11)12/h5-6,8H,1,7,9-10H2,2-4H3. The zero-order chi connectivity index (χ0) is 15.5. The quantitative estimate of drug-likeness (QED) is 0.488.